The molecule has 13 heavy (non-hydrogen) atoms. The Morgan fingerprint density at radius 3 is 2.92 bits per heavy atom. The van der Waals surface area contributed by atoms with Crippen LogP contribution in [0.5, 0.6) is 0 Å². The number of hydrogen-bond acceptors (Lipinski definition) is 3. The molecule has 3 heteroatoms. The van der Waals surface area contributed by atoms with E-state index < -0.39 is 0 Å². The molecule has 1 heterocycles. The monoisotopic (exact) mass is 190 g/mol. The summed E-state index contributed by atoms with van der Waals surface area (Å²) < 4.78 is 0. The largest absolute Gasteiger partial charge is 0.250 e. The average Bonchev–Trinajstić information content (AvgIpc) is 2.97. The fourth-order valence-electron chi connectivity index (χ4n) is 1.08. The quantitative estimate of drug-likeness (QED) is 0.687. The molecule has 0 N–H and O–H groups in total. The molecule has 0 aliphatic heterocycles. The minimum atomic E-state index is -0.0256. The fourth-order valence-corrected chi connectivity index (χ4v) is 2.17. The molecule has 0 aromatic carbocycles. The van der Waals surface area contributed by atoms with Crippen molar-refractivity contribution in [1.82, 2.24) is 4.98 Å². The van der Waals surface area contributed by atoms with Gasteiger partial charge < -0.3 is 0 Å². The molecule has 1 fully saturated rings. The maximum Gasteiger partial charge on any atom is 0.0960 e. The molecule has 1 aliphatic rings. The van der Waals surface area contributed by atoms with Gasteiger partial charge in [0.15, 0.2) is 0 Å². The van der Waals surface area contributed by atoms with Crippen LogP contribution in [0, 0.1) is 16.7 Å². The van der Waals surface area contributed by atoms with Gasteiger partial charge in [-0.25, -0.2) is 4.98 Å². The first-order valence-electron chi connectivity index (χ1n) is 4.30. The van der Waals surface area contributed by atoms with Crippen molar-refractivity contribution in [1.29, 1.82) is 5.26 Å². The number of nitrogens with zero attached hydrogens (tertiary/aromatic N) is 2. The first-order valence-corrected chi connectivity index (χ1v) is 5.28. The van der Waals surface area contributed by atoms with Crippen LogP contribution in [-0.4, -0.2) is 10.7 Å². The molecule has 0 atom stereocenters. The van der Waals surface area contributed by atoms with Gasteiger partial charge in [-0.2, -0.15) is 5.26 Å². The Morgan fingerprint density at radius 1 is 1.54 bits per heavy atom. The zero-order valence-corrected chi connectivity index (χ0v) is 8.05. The van der Waals surface area contributed by atoms with Gasteiger partial charge in [0, 0.05) is 11.9 Å². The maximum atomic E-state index is 8.85. The van der Waals surface area contributed by atoms with Gasteiger partial charge in [0.05, 0.1) is 16.5 Å². The van der Waals surface area contributed by atoms with E-state index in [1.807, 2.05) is 18.2 Å². The van der Waals surface area contributed by atoms with Crippen LogP contribution in [0.3, 0.4) is 0 Å². The van der Waals surface area contributed by atoms with Crippen molar-refractivity contribution >= 4 is 11.8 Å². The third kappa shape index (κ3) is 2.02. The van der Waals surface area contributed by atoms with Crippen molar-refractivity contribution in [3.8, 4) is 6.07 Å². The third-order valence-electron chi connectivity index (χ3n) is 2.22. The summed E-state index contributed by atoms with van der Waals surface area (Å²) in [7, 11) is 0. The minimum absolute atomic E-state index is 0.0256. The average molecular weight is 190 g/mol. The smallest absolute Gasteiger partial charge is 0.0960 e. The lowest BCUT2D eigenvalue weighted by atomic mass is 10.2. The van der Waals surface area contributed by atoms with Crippen LogP contribution in [0.15, 0.2) is 29.4 Å². The first-order chi connectivity index (χ1) is 6.35. The fraction of sp³-hybridized carbons (Fsp3) is 0.400. The molecule has 0 radical (unpaired) electrons. The second kappa shape index (κ2) is 3.39. The van der Waals surface area contributed by atoms with Crippen LogP contribution in [0.25, 0.3) is 0 Å². The number of pyridine rings is 1. The van der Waals surface area contributed by atoms with Crippen molar-refractivity contribution in [2.45, 2.75) is 17.9 Å². The topological polar surface area (TPSA) is 36.7 Å². The van der Waals surface area contributed by atoms with Gasteiger partial charge in [-0.15, -0.1) is 11.8 Å². The van der Waals surface area contributed by atoms with Crippen molar-refractivity contribution in [3.05, 3.63) is 24.4 Å². The lowest BCUT2D eigenvalue weighted by Gasteiger charge is -2.03. The minimum Gasteiger partial charge on any atom is -0.250 e. The molecule has 0 amide bonds. The number of hydrogen-bond donors (Lipinski definition) is 0. The molecule has 1 saturated carbocycles. The Balaban J connectivity index is 1.91. The highest BCUT2D eigenvalue weighted by Gasteiger charge is 2.42. The van der Waals surface area contributed by atoms with Gasteiger partial charge >= 0.3 is 0 Å². The summed E-state index contributed by atoms with van der Waals surface area (Å²) >= 11 is 1.68. The highest BCUT2D eigenvalue weighted by molar-refractivity contribution is 7.99. The summed E-state index contributed by atoms with van der Waals surface area (Å²) in [6, 6.07) is 8.24. The Labute approximate surface area is 82.0 Å². The predicted octanol–water partition coefficient (Wildman–Crippen LogP) is 2.48. The molecule has 2 rings (SSSR count). The highest BCUT2D eigenvalue weighted by Crippen LogP contribution is 2.48. The summed E-state index contributed by atoms with van der Waals surface area (Å²) in [6.45, 7) is 0. The zero-order valence-electron chi connectivity index (χ0n) is 7.23. The molecule has 0 bridgehead atoms. The first kappa shape index (κ1) is 8.58. The van der Waals surface area contributed by atoms with E-state index in [1.165, 1.54) is 0 Å². The third-order valence-corrected chi connectivity index (χ3v) is 3.46. The summed E-state index contributed by atoms with van der Waals surface area (Å²) in [5.41, 5.74) is -0.0256. The molecule has 1 aromatic rings. The van der Waals surface area contributed by atoms with Gasteiger partial charge in [0.1, 0.15) is 0 Å². The molecule has 0 spiro atoms. The van der Waals surface area contributed by atoms with Crippen molar-refractivity contribution in [2.75, 3.05) is 5.75 Å². The summed E-state index contributed by atoms with van der Waals surface area (Å²) in [5.74, 6) is 0.889. The van der Waals surface area contributed by atoms with Gasteiger partial charge in [-0.3, -0.25) is 0 Å². The number of rotatable bonds is 3. The number of aromatic nitrogens is 1. The van der Waals surface area contributed by atoms with E-state index in [0.717, 1.165) is 23.6 Å². The van der Waals surface area contributed by atoms with E-state index in [0.29, 0.717) is 0 Å². The predicted molar refractivity (Wildman–Crippen MR) is 52.2 cm³/mol. The lowest BCUT2D eigenvalue weighted by Crippen LogP contribution is -1.99. The highest BCUT2D eigenvalue weighted by atomic mass is 32.2. The van der Waals surface area contributed by atoms with Crippen LogP contribution in [0.2, 0.25) is 0 Å². The van der Waals surface area contributed by atoms with E-state index >= 15 is 0 Å². The summed E-state index contributed by atoms with van der Waals surface area (Å²) in [5, 5.41) is 9.87. The Bertz CT molecular complexity index is 325. The van der Waals surface area contributed by atoms with Crippen LogP contribution in [-0.2, 0) is 0 Å². The van der Waals surface area contributed by atoms with Gasteiger partial charge in [-0.1, -0.05) is 6.07 Å². The molecular formula is C10H10N2S. The molecule has 66 valence electrons. The van der Waals surface area contributed by atoms with Crippen LogP contribution in [0.4, 0.5) is 0 Å². The molecule has 2 nitrogen and oxygen atoms in total. The van der Waals surface area contributed by atoms with E-state index in [2.05, 4.69) is 11.1 Å². The molecular weight excluding hydrogens is 180 g/mol. The summed E-state index contributed by atoms with van der Waals surface area (Å²) in [4.78, 5) is 4.20. The standard InChI is InChI=1S/C10H10N2S/c11-7-10(4-5-10)8-13-9-3-1-2-6-12-9/h1-3,6H,4-5,8H2. The molecule has 1 aromatic heterocycles. The van der Waals surface area contributed by atoms with E-state index in [-0.39, 0.29) is 5.41 Å². The van der Waals surface area contributed by atoms with Gasteiger partial charge in [0.25, 0.3) is 0 Å². The van der Waals surface area contributed by atoms with E-state index in [1.54, 1.807) is 18.0 Å². The Morgan fingerprint density at radius 2 is 2.38 bits per heavy atom. The van der Waals surface area contributed by atoms with E-state index in [4.69, 9.17) is 5.26 Å². The van der Waals surface area contributed by atoms with Gasteiger partial charge in [-0.05, 0) is 25.0 Å². The van der Waals surface area contributed by atoms with Crippen LogP contribution >= 0.6 is 11.8 Å². The van der Waals surface area contributed by atoms with Crippen LogP contribution in [0.1, 0.15) is 12.8 Å². The molecule has 0 unspecified atom stereocenters. The SMILES string of the molecule is N#CC1(CSc2ccccn2)CC1. The van der Waals surface area contributed by atoms with Crippen molar-refractivity contribution in [3.63, 3.8) is 0 Å². The van der Waals surface area contributed by atoms with Crippen molar-refractivity contribution < 1.29 is 0 Å². The van der Waals surface area contributed by atoms with E-state index in [9.17, 15) is 0 Å². The summed E-state index contributed by atoms with van der Waals surface area (Å²) in [6.07, 6.45) is 3.90. The van der Waals surface area contributed by atoms with Crippen LogP contribution < -0.4 is 0 Å². The second-order valence-corrected chi connectivity index (χ2v) is 4.34. The maximum absolute atomic E-state index is 8.85. The Kier molecular flexibility index (Phi) is 2.24. The van der Waals surface area contributed by atoms with Gasteiger partial charge in [0.2, 0.25) is 0 Å². The lowest BCUT2D eigenvalue weighted by molar-refractivity contribution is 0.781. The second-order valence-electron chi connectivity index (χ2n) is 3.35. The number of nitriles is 1. The zero-order chi connectivity index (χ0) is 9.15. The molecule has 0 saturated heterocycles. The number of thioether (sulfide) groups is 1. The normalized spacial score (nSPS) is 17.8. The van der Waals surface area contributed by atoms with Crippen molar-refractivity contribution in [2.24, 2.45) is 5.41 Å². The molecule has 1 aliphatic carbocycles. The Hall–Kier alpha value is -1.01.